The molecule has 9 heteroatoms. The molecule has 0 unspecified atom stereocenters. The molecular formula is C17H14IN5O3. The molecule has 0 aliphatic heterocycles. The van der Waals surface area contributed by atoms with Crippen molar-refractivity contribution in [3.05, 3.63) is 58.2 Å². The van der Waals surface area contributed by atoms with Crippen molar-refractivity contribution >= 4 is 40.2 Å². The first-order valence-electron chi connectivity index (χ1n) is 7.64. The van der Waals surface area contributed by atoms with Crippen molar-refractivity contribution in [1.29, 1.82) is 0 Å². The fraction of sp³-hybridized carbons (Fsp3) is 0.118. The van der Waals surface area contributed by atoms with Crippen LogP contribution in [0.1, 0.15) is 0 Å². The zero-order valence-corrected chi connectivity index (χ0v) is 15.7. The number of carbonyl (C=O) groups is 2. The summed E-state index contributed by atoms with van der Waals surface area (Å²) in [5, 5.41) is 14.5. The summed E-state index contributed by atoms with van der Waals surface area (Å²) in [6, 6.07) is 16.6. The lowest BCUT2D eigenvalue weighted by Gasteiger charge is -2.06. The van der Waals surface area contributed by atoms with Crippen LogP contribution in [0, 0.1) is 3.57 Å². The third-order valence-corrected chi connectivity index (χ3v) is 3.90. The summed E-state index contributed by atoms with van der Waals surface area (Å²) in [4.78, 5) is 24.8. The van der Waals surface area contributed by atoms with Crippen molar-refractivity contribution in [2.75, 3.05) is 11.9 Å². The van der Waals surface area contributed by atoms with Gasteiger partial charge in [-0.2, -0.15) is 4.80 Å². The number of nitrogens with one attached hydrogen (secondary N) is 1. The maximum absolute atomic E-state index is 11.8. The zero-order chi connectivity index (χ0) is 18.4. The first kappa shape index (κ1) is 18.0. The number of rotatable bonds is 6. The number of hydrogen-bond acceptors (Lipinski definition) is 6. The fourth-order valence-corrected chi connectivity index (χ4v) is 2.63. The number of esters is 1. The largest absolute Gasteiger partial charge is 0.454 e. The predicted octanol–water partition coefficient (Wildman–Crippen LogP) is 2.13. The summed E-state index contributed by atoms with van der Waals surface area (Å²) in [5.41, 5.74) is 1.44. The van der Waals surface area contributed by atoms with Crippen LogP contribution in [0.2, 0.25) is 0 Å². The molecule has 1 aromatic heterocycles. The molecule has 0 bridgehead atoms. The molecule has 0 atom stereocenters. The Bertz CT molecular complexity index is 914. The summed E-state index contributed by atoms with van der Waals surface area (Å²) in [6.45, 7) is -0.610. The number of carbonyl (C=O) groups excluding carboxylic acids is 2. The highest BCUT2D eigenvalue weighted by atomic mass is 127. The second-order valence-electron chi connectivity index (χ2n) is 5.23. The van der Waals surface area contributed by atoms with E-state index in [4.69, 9.17) is 4.74 Å². The quantitative estimate of drug-likeness (QED) is 0.444. The second kappa shape index (κ2) is 8.52. The van der Waals surface area contributed by atoms with Crippen molar-refractivity contribution < 1.29 is 14.3 Å². The third-order valence-electron chi connectivity index (χ3n) is 3.23. The van der Waals surface area contributed by atoms with Crippen molar-refractivity contribution in [1.82, 2.24) is 20.2 Å². The van der Waals surface area contributed by atoms with Gasteiger partial charge in [-0.15, -0.1) is 10.2 Å². The highest BCUT2D eigenvalue weighted by Crippen LogP contribution is 2.13. The van der Waals surface area contributed by atoms with Gasteiger partial charge in [0.2, 0.25) is 5.82 Å². The van der Waals surface area contributed by atoms with Crippen LogP contribution < -0.4 is 5.32 Å². The molecule has 8 nitrogen and oxygen atoms in total. The number of nitrogens with zero attached hydrogens (tertiary/aromatic N) is 4. The monoisotopic (exact) mass is 463 g/mol. The molecule has 1 heterocycles. The minimum absolute atomic E-state index is 0.226. The predicted molar refractivity (Wildman–Crippen MR) is 102 cm³/mol. The maximum atomic E-state index is 11.8. The third kappa shape index (κ3) is 5.09. The van der Waals surface area contributed by atoms with Gasteiger partial charge >= 0.3 is 5.97 Å². The lowest BCUT2D eigenvalue weighted by Crippen LogP contribution is -2.23. The SMILES string of the molecule is O=C(COC(=O)Cn1nnc(-c2ccccc2)n1)Nc1cccc(I)c1. The first-order chi connectivity index (χ1) is 12.6. The minimum atomic E-state index is -0.625. The average Bonchev–Trinajstić information content (AvgIpc) is 3.09. The fourth-order valence-electron chi connectivity index (χ4n) is 2.08. The highest BCUT2D eigenvalue weighted by Gasteiger charge is 2.12. The van der Waals surface area contributed by atoms with Gasteiger partial charge < -0.3 is 10.1 Å². The Morgan fingerprint density at radius 1 is 1.12 bits per heavy atom. The highest BCUT2D eigenvalue weighted by molar-refractivity contribution is 14.1. The summed E-state index contributed by atoms with van der Waals surface area (Å²) in [5.74, 6) is -0.633. The van der Waals surface area contributed by atoms with Crippen LogP contribution in [0.3, 0.4) is 0 Å². The minimum Gasteiger partial charge on any atom is -0.454 e. The molecule has 1 N–H and O–H groups in total. The Balaban J connectivity index is 1.48. The van der Waals surface area contributed by atoms with E-state index < -0.39 is 11.9 Å². The number of tetrazole rings is 1. The van der Waals surface area contributed by atoms with Gasteiger partial charge in [-0.25, -0.2) is 4.79 Å². The van der Waals surface area contributed by atoms with Gasteiger partial charge in [0.05, 0.1) is 0 Å². The normalized spacial score (nSPS) is 10.3. The molecule has 0 saturated carbocycles. The Hall–Kier alpha value is -2.82. The van der Waals surface area contributed by atoms with Crippen LogP contribution >= 0.6 is 22.6 Å². The molecule has 132 valence electrons. The summed E-state index contributed by atoms with van der Waals surface area (Å²) >= 11 is 2.14. The average molecular weight is 463 g/mol. The Labute approximate surface area is 162 Å². The van der Waals surface area contributed by atoms with Gasteiger partial charge in [0.15, 0.2) is 13.2 Å². The molecule has 0 radical (unpaired) electrons. The Morgan fingerprint density at radius 3 is 2.69 bits per heavy atom. The van der Waals surface area contributed by atoms with E-state index in [1.165, 1.54) is 0 Å². The molecular weight excluding hydrogens is 449 g/mol. The molecule has 0 aliphatic rings. The number of hydrogen-bond donors (Lipinski definition) is 1. The van der Waals surface area contributed by atoms with Crippen LogP contribution in [0.4, 0.5) is 5.69 Å². The zero-order valence-electron chi connectivity index (χ0n) is 13.5. The van der Waals surface area contributed by atoms with E-state index in [9.17, 15) is 9.59 Å². The van der Waals surface area contributed by atoms with E-state index >= 15 is 0 Å². The molecule has 0 aliphatic carbocycles. The van der Waals surface area contributed by atoms with E-state index in [-0.39, 0.29) is 13.2 Å². The van der Waals surface area contributed by atoms with Crippen LogP contribution in [-0.4, -0.2) is 38.7 Å². The van der Waals surface area contributed by atoms with Crippen LogP contribution in [-0.2, 0) is 20.9 Å². The molecule has 3 aromatic rings. The van der Waals surface area contributed by atoms with Crippen molar-refractivity contribution in [3.63, 3.8) is 0 Å². The summed E-state index contributed by atoms with van der Waals surface area (Å²) in [7, 11) is 0. The lowest BCUT2D eigenvalue weighted by molar-refractivity contribution is -0.148. The molecule has 1 amide bonds. The van der Waals surface area contributed by atoms with Gasteiger partial charge in [0.25, 0.3) is 5.91 Å². The maximum Gasteiger partial charge on any atom is 0.330 e. The van der Waals surface area contributed by atoms with Gasteiger partial charge in [0.1, 0.15) is 0 Å². The van der Waals surface area contributed by atoms with E-state index in [0.717, 1.165) is 13.9 Å². The number of halogens is 1. The number of ether oxygens (including phenoxy) is 1. The Morgan fingerprint density at radius 2 is 1.92 bits per heavy atom. The van der Waals surface area contributed by atoms with Crippen molar-refractivity contribution in [2.45, 2.75) is 6.54 Å². The molecule has 0 fully saturated rings. The number of aromatic nitrogens is 4. The first-order valence-corrected chi connectivity index (χ1v) is 8.72. The molecule has 0 spiro atoms. The standard InChI is InChI=1S/C17H14IN5O3/c18-13-7-4-8-14(9-13)19-15(24)11-26-16(25)10-23-21-17(20-22-23)12-5-2-1-3-6-12/h1-9H,10-11H2,(H,19,24). The molecule has 2 aromatic carbocycles. The smallest absolute Gasteiger partial charge is 0.330 e. The molecule has 26 heavy (non-hydrogen) atoms. The summed E-state index contributed by atoms with van der Waals surface area (Å²) in [6.07, 6.45) is 0. The van der Waals surface area contributed by atoms with Crippen LogP contribution in [0.15, 0.2) is 54.6 Å². The van der Waals surface area contributed by atoms with Gasteiger partial charge in [-0.3, -0.25) is 4.79 Å². The van der Waals surface area contributed by atoms with Gasteiger partial charge in [0, 0.05) is 14.8 Å². The lowest BCUT2D eigenvalue weighted by atomic mass is 10.2. The van der Waals surface area contributed by atoms with Gasteiger partial charge in [-0.1, -0.05) is 36.4 Å². The number of benzene rings is 2. The molecule has 0 saturated heterocycles. The van der Waals surface area contributed by atoms with E-state index in [0.29, 0.717) is 11.5 Å². The van der Waals surface area contributed by atoms with Crippen molar-refractivity contribution in [2.24, 2.45) is 0 Å². The van der Waals surface area contributed by atoms with Crippen molar-refractivity contribution in [3.8, 4) is 11.4 Å². The van der Waals surface area contributed by atoms with Gasteiger partial charge in [-0.05, 0) is 46.0 Å². The summed E-state index contributed by atoms with van der Waals surface area (Å²) < 4.78 is 5.93. The molecule has 3 rings (SSSR count). The van der Waals surface area contributed by atoms with E-state index in [1.54, 1.807) is 6.07 Å². The van der Waals surface area contributed by atoms with E-state index in [2.05, 4.69) is 43.3 Å². The Kier molecular flexibility index (Phi) is 5.89. The van der Waals surface area contributed by atoms with Crippen LogP contribution in [0.5, 0.6) is 0 Å². The number of anilines is 1. The van der Waals surface area contributed by atoms with Crippen LogP contribution in [0.25, 0.3) is 11.4 Å². The topological polar surface area (TPSA) is 99.0 Å². The van der Waals surface area contributed by atoms with E-state index in [1.807, 2.05) is 48.5 Å². The second-order valence-corrected chi connectivity index (χ2v) is 6.47. The number of amides is 1.